The molecule has 7 unspecified atom stereocenters. The first-order valence-electron chi connectivity index (χ1n) is 8.97. The number of fused-ring (bicyclic) bond motifs is 9. The predicted octanol–water partition coefficient (Wildman–Crippen LogP) is 4.53. The number of esters is 1. The quantitative estimate of drug-likeness (QED) is 0.524. The topological polar surface area (TPSA) is 26.3 Å². The summed E-state index contributed by atoms with van der Waals surface area (Å²) in [5, 5.41) is 0. The zero-order chi connectivity index (χ0) is 15.4. The SMILES string of the molecule is CC(C)C.COC(=O)C1(C)CC2CC1C1C3CCC(C3)C21. The number of hydrogen-bond acceptors (Lipinski definition) is 2. The molecule has 7 atom stereocenters. The van der Waals surface area contributed by atoms with Gasteiger partial charge in [-0.3, -0.25) is 4.79 Å². The van der Waals surface area contributed by atoms with Crippen LogP contribution in [0.15, 0.2) is 0 Å². The predicted molar refractivity (Wildman–Crippen MR) is 84.7 cm³/mol. The summed E-state index contributed by atoms with van der Waals surface area (Å²) in [6, 6.07) is 0. The van der Waals surface area contributed by atoms with Crippen molar-refractivity contribution in [1.82, 2.24) is 0 Å². The molecule has 0 spiro atoms. The van der Waals surface area contributed by atoms with Gasteiger partial charge in [-0.1, -0.05) is 20.8 Å². The van der Waals surface area contributed by atoms with E-state index in [1.165, 1.54) is 25.7 Å². The monoisotopic (exact) mass is 292 g/mol. The first-order valence-corrected chi connectivity index (χ1v) is 8.97. The van der Waals surface area contributed by atoms with Crippen LogP contribution < -0.4 is 0 Å². The van der Waals surface area contributed by atoms with Crippen LogP contribution in [0.3, 0.4) is 0 Å². The van der Waals surface area contributed by atoms with Gasteiger partial charge in [0.05, 0.1) is 12.5 Å². The third-order valence-corrected chi connectivity index (χ3v) is 6.77. The van der Waals surface area contributed by atoms with Gasteiger partial charge in [-0.15, -0.1) is 0 Å². The Kier molecular flexibility index (Phi) is 3.86. The highest BCUT2D eigenvalue weighted by Crippen LogP contribution is 2.71. The van der Waals surface area contributed by atoms with Gasteiger partial charge >= 0.3 is 5.97 Å². The lowest BCUT2D eigenvalue weighted by Crippen LogP contribution is -2.43. The molecule has 0 radical (unpaired) electrons. The second-order valence-electron chi connectivity index (χ2n) is 8.94. The number of hydrogen-bond donors (Lipinski definition) is 0. The highest BCUT2D eigenvalue weighted by molar-refractivity contribution is 5.77. The van der Waals surface area contributed by atoms with Crippen LogP contribution in [-0.4, -0.2) is 13.1 Å². The molecular weight excluding hydrogens is 260 g/mol. The minimum absolute atomic E-state index is 0.0613. The van der Waals surface area contributed by atoms with Gasteiger partial charge in [0, 0.05) is 0 Å². The molecule has 0 aromatic heterocycles. The summed E-state index contributed by atoms with van der Waals surface area (Å²) in [7, 11) is 1.55. The molecule has 0 aromatic carbocycles. The smallest absolute Gasteiger partial charge is 0.311 e. The van der Waals surface area contributed by atoms with Gasteiger partial charge in [0.15, 0.2) is 0 Å². The molecular formula is C19H32O2. The molecule has 4 rings (SSSR count). The van der Waals surface area contributed by atoms with Crippen molar-refractivity contribution in [3.8, 4) is 0 Å². The average molecular weight is 292 g/mol. The standard InChI is InChI=1S/C15H22O2.C4H10/c1-15(14(16)17-2)7-10-6-11(15)13-9-4-3-8(5-9)12(10)13;1-4(2)3/h8-13H,3-7H2,1-2H3;4H,1-3H3. The van der Waals surface area contributed by atoms with Gasteiger partial charge in [0.25, 0.3) is 0 Å². The van der Waals surface area contributed by atoms with Crippen LogP contribution in [0.1, 0.15) is 59.8 Å². The molecule has 4 saturated carbocycles. The number of carbonyl (C=O) groups is 1. The Labute approximate surface area is 130 Å². The Bertz CT molecular complexity index is 413. The molecule has 0 saturated heterocycles. The van der Waals surface area contributed by atoms with Crippen LogP contribution in [0.2, 0.25) is 0 Å². The Morgan fingerprint density at radius 3 is 2.19 bits per heavy atom. The van der Waals surface area contributed by atoms with Crippen molar-refractivity contribution in [2.45, 2.75) is 59.8 Å². The van der Waals surface area contributed by atoms with Crippen molar-refractivity contribution in [1.29, 1.82) is 0 Å². The van der Waals surface area contributed by atoms with E-state index >= 15 is 0 Å². The molecule has 4 bridgehead atoms. The fourth-order valence-electron chi connectivity index (χ4n) is 6.38. The van der Waals surface area contributed by atoms with Crippen LogP contribution in [-0.2, 0) is 9.53 Å². The molecule has 0 amide bonds. The molecule has 0 aromatic rings. The highest BCUT2D eigenvalue weighted by Gasteiger charge is 2.67. The van der Waals surface area contributed by atoms with Crippen molar-refractivity contribution in [2.75, 3.05) is 7.11 Å². The van der Waals surface area contributed by atoms with E-state index in [-0.39, 0.29) is 11.4 Å². The average Bonchev–Trinajstić information content (AvgIpc) is 3.13. The molecule has 4 aliphatic rings. The highest BCUT2D eigenvalue weighted by atomic mass is 16.5. The maximum atomic E-state index is 12.1. The van der Waals surface area contributed by atoms with E-state index in [1.807, 2.05) is 0 Å². The summed E-state index contributed by atoms with van der Waals surface area (Å²) in [4.78, 5) is 12.1. The Balaban J connectivity index is 0.000000298. The summed E-state index contributed by atoms with van der Waals surface area (Å²) in [5.41, 5.74) is -0.148. The largest absolute Gasteiger partial charge is 0.469 e. The fourth-order valence-corrected chi connectivity index (χ4v) is 6.38. The first-order chi connectivity index (χ1) is 9.88. The van der Waals surface area contributed by atoms with E-state index in [2.05, 4.69) is 27.7 Å². The number of methoxy groups -OCH3 is 1. The Morgan fingerprint density at radius 2 is 1.62 bits per heavy atom. The lowest BCUT2D eigenvalue weighted by molar-refractivity contribution is -0.158. The van der Waals surface area contributed by atoms with Gasteiger partial charge in [0.2, 0.25) is 0 Å². The van der Waals surface area contributed by atoms with E-state index in [9.17, 15) is 4.79 Å². The normalized spacial score (nSPS) is 49.0. The van der Waals surface area contributed by atoms with Gasteiger partial charge in [-0.2, -0.15) is 0 Å². The van der Waals surface area contributed by atoms with Crippen molar-refractivity contribution in [2.24, 2.45) is 46.8 Å². The van der Waals surface area contributed by atoms with Gasteiger partial charge < -0.3 is 4.74 Å². The number of rotatable bonds is 1. The zero-order valence-corrected chi connectivity index (χ0v) is 14.4. The maximum Gasteiger partial charge on any atom is 0.311 e. The van der Waals surface area contributed by atoms with Crippen molar-refractivity contribution in [3.05, 3.63) is 0 Å². The third-order valence-electron chi connectivity index (χ3n) is 6.77. The van der Waals surface area contributed by atoms with E-state index in [0.717, 1.165) is 41.9 Å². The van der Waals surface area contributed by atoms with Crippen LogP contribution in [0, 0.1) is 46.8 Å². The Hall–Kier alpha value is -0.530. The van der Waals surface area contributed by atoms with Crippen LogP contribution in [0.5, 0.6) is 0 Å². The molecule has 21 heavy (non-hydrogen) atoms. The van der Waals surface area contributed by atoms with Crippen molar-refractivity contribution in [3.63, 3.8) is 0 Å². The third kappa shape index (κ3) is 2.24. The van der Waals surface area contributed by atoms with Crippen LogP contribution in [0.4, 0.5) is 0 Å². The van der Waals surface area contributed by atoms with Gasteiger partial charge in [-0.25, -0.2) is 0 Å². The lowest BCUT2D eigenvalue weighted by atomic mass is 9.61. The van der Waals surface area contributed by atoms with Crippen molar-refractivity contribution < 1.29 is 9.53 Å². The second-order valence-corrected chi connectivity index (χ2v) is 8.94. The molecule has 4 aliphatic carbocycles. The van der Waals surface area contributed by atoms with Gasteiger partial charge in [-0.05, 0) is 80.5 Å². The summed E-state index contributed by atoms with van der Waals surface area (Å²) >= 11 is 0. The second kappa shape index (κ2) is 5.28. The molecule has 0 N–H and O–H groups in total. The van der Waals surface area contributed by atoms with Crippen molar-refractivity contribution >= 4 is 5.97 Å². The lowest BCUT2D eigenvalue weighted by Gasteiger charge is -2.42. The van der Waals surface area contributed by atoms with Crippen LogP contribution >= 0.6 is 0 Å². The fraction of sp³-hybridized carbons (Fsp3) is 0.947. The minimum atomic E-state index is -0.148. The van der Waals surface area contributed by atoms with E-state index in [1.54, 1.807) is 7.11 Å². The maximum absolute atomic E-state index is 12.1. The summed E-state index contributed by atoms with van der Waals surface area (Å²) < 4.78 is 5.08. The van der Waals surface area contributed by atoms with E-state index in [4.69, 9.17) is 4.74 Å². The minimum Gasteiger partial charge on any atom is -0.469 e. The summed E-state index contributed by atoms with van der Waals surface area (Å²) in [6.07, 6.45) is 6.80. The summed E-state index contributed by atoms with van der Waals surface area (Å²) in [6.45, 7) is 8.67. The molecule has 120 valence electrons. The first kappa shape index (κ1) is 15.4. The summed E-state index contributed by atoms with van der Waals surface area (Å²) in [5.74, 6) is 6.19. The molecule has 4 fully saturated rings. The molecule has 2 heteroatoms. The number of carbonyl (C=O) groups excluding carboxylic acids is 1. The van der Waals surface area contributed by atoms with E-state index < -0.39 is 0 Å². The molecule has 2 nitrogen and oxygen atoms in total. The zero-order valence-electron chi connectivity index (χ0n) is 14.4. The van der Waals surface area contributed by atoms with E-state index in [0.29, 0.717) is 5.92 Å². The van der Waals surface area contributed by atoms with Gasteiger partial charge in [0.1, 0.15) is 0 Å². The Morgan fingerprint density at radius 1 is 1.05 bits per heavy atom. The molecule has 0 heterocycles. The van der Waals surface area contributed by atoms with Crippen LogP contribution in [0.25, 0.3) is 0 Å². The number of ether oxygens (including phenoxy) is 1. The molecule has 0 aliphatic heterocycles.